The Bertz CT molecular complexity index is 189. The normalized spacial score (nSPS) is 21.5. The van der Waals surface area contributed by atoms with Crippen molar-refractivity contribution in [3.05, 3.63) is 0 Å². The Morgan fingerprint density at radius 3 is 2.22 bits per heavy atom. The van der Waals surface area contributed by atoms with Gasteiger partial charge in [-0.2, -0.15) is 0 Å². The molecular formula is C16H33NO. The fourth-order valence-corrected chi connectivity index (χ4v) is 3.30. The number of hydrogen-bond donors (Lipinski definition) is 1. The average Bonchev–Trinajstić information content (AvgIpc) is 2.65. The van der Waals surface area contributed by atoms with Crippen molar-refractivity contribution in [1.29, 1.82) is 0 Å². The van der Waals surface area contributed by atoms with E-state index in [2.05, 4.69) is 19.2 Å². The topological polar surface area (TPSA) is 21.3 Å². The maximum atomic E-state index is 6.05. The number of rotatable bonds is 8. The van der Waals surface area contributed by atoms with Crippen LogP contribution in [-0.4, -0.2) is 25.3 Å². The summed E-state index contributed by atoms with van der Waals surface area (Å²) >= 11 is 0. The van der Waals surface area contributed by atoms with E-state index in [9.17, 15) is 0 Å². The average molecular weight is 255 g/mol. The minimum absolute atomic E-state index is 0.112. The highest BCUT2D eigenvalue weighted by Crippen LogP contribution is 2.34. The van der Waals surface area contributed by atoms with Gasteiger partial charge in [0.15, 0.2) is 0 Å². The lowest BCUT2D eigenvalue weighted by Crippen LogP contribution is -2.52. The summed E-state index contributed by atoms with van der Waals surface area (Å²) in [5.41, 5.74) is 0.112. The summed E-state index contributed by atoms with van der Waals surface area (Å²) < 4.78 is 6.05. The first kappa shape index (κ1) is 16.0. The minimum atomic E-state index is 0.112. The molecule has 1 N–H and O–H groups in total. The summed E-state index contributed by atoms with van der Waals surface area (Å²) in [6.07, 6.45) is 13.0. The zero-order valence-electron chi connectivity index (χ0n) is 12.8. The van der Waals surface area contributed by atoms with Crippen molar-refractivity contribution in [2.45, 2.75) is 89.7 Å². The van der Waals surface area contributed by atoms with Crippen LogP contribution in [0.2, 0.25) is 0 Å². The highest BCUT2D eigenvalue weighted by Gasteiger charge is 2.38. The van der Waals surface area contributed by atoms with Crippen molar-refractivity contribution in [1.82, 2.24) is 5.32 Å². The van der Waals surface area contributed by atoms with Gasteiger partial charge in [-0.3, -0.25) is 0 Å². The predicted molar refractivity (Wildman–Crippen MR) is 79.0 cm³/mol. The van der Waals surface area contributed by atoms with Crippen LogP contribution < -0.4 is 5.32 Å². The molecule has 1 aliphatic carbocycles. The molecule has 18 heavy (non-hydrogen) atoms. The summed E-state index contributed by atoms with van der Waals surface area (Å²) in [5, 5.41) is 3.77. The summed E-state index contributed by atoms with van der Waals surface area (Å²) in [6, 6.07) is 0.556. The lowest BCUT2D eigenvalue weighted by Gasteiger charge is -2.40. The fourth-order valence-electron chi connectivity index (χ4n) is 3.30. The number of nitrogens with one attached hydrogen (secondary N) is 1. The van der Waals surface area contributed by atoms with Gasteiger partial charge in [-0.25, -0.2) is 0 Å². The van der Waals surface area contributed by atoms with E-state index in [4.69, 9.17) is 4.74 Å². The maximum Gasteiger partial charge on any atom is 0.0830 e. The van der Waals surface area contributed by atoms with Gasteiger partial charge in [-0.15, -0.1) is 0 Å². The second-order valence-electron chi connectivity index (χ2n) is 5.83. The Morgan fingerprint density at radius 1 is 1.06 bits per heavy atom. The molecule has 1 saturated carbocycles. The van der Waals surface area contributed by atoms with E-state index in [0.29, 0.717) is 6.04 Å². The molecule has 0 aromatic heterocycles. The van der Waals surface area contributed by atoms with Crippen LogP contribution in [0.1, 0.15) is 78.1 Å². The molecule has 0 aromatic carbocycles. The molecule has 108 valence electrons. The molecule has 1 rings (SSSR count). The van der Waals surface area contributed by atoms with Crippen LogP contribution in [0.5, 0.6) is 0 Å². The van der Waals surface area contributed by atoms with Gasteiger partial charge in [0.25, 0.3) is 0 Å². The number of unbranched alkanes of at least 4 members (excludes halogenated alkanes) is 1. The first-order valence-electron chi connectivity index (χ1n) is 8.07. The highest BCUT2D eigenvalue weighted by atomic mass is 16.5. The van der Waals surface area contributed by atoms with E-state index in [1.807, 2.05) is 7.11 Å². The molecule has 1 fully saturated rings. The lowest BCUT2D eigenvalue weighted by atomic mass is 9.83. The zero-order valence-corrected chi connectivity index (χ0v) is 12.8. The number of hydrogen-bond acceptors (Lipinski definition) is 2. The molecule has 1 aliphatic rings. The molecule has 0 radical (unpaired) electrons. The molecule has 0 heterocycles. The summed E-state index contributed by atoms with van der Waals surface area (Å²) in [7, 11) is 1.93. The second kappa shape index (κ2) is 8.92. The van der Waals surface area contributed by atoms with E-state index >= 15 is 0 Å². The third-order valence-corrected chi connectivity index (χ3v) is 4.48. The fraction of sp³-hybridized carbons (Fsp3) is 1.00. The summed E-state index contributed by atoms with van der Waals surface area (Å²) in [4.78, 5) is 0. The lowest BCUT2D eigenvalue weighted by molar-refractivity contribution is -0.0551. The Labute approximate surface area is 114 Å². The molecule has 0 aromatic rings. The van der Waals surface area contributed by atoms with Crippen LogP contribution in [0.25, 0.3) is 0 Å². The molecular weight excluding hydrogens is 222 g/mol. The monoisotopic (exact) mass is 255 g/mol. The van der Waals surface area contributed by atoms with Crippen LogP contribution in [0.4, 0.5) is 0 Å². The van der Waals surface area contributed by atoms with Gasteiger partial charge in [-0.05, 0) is 32.2 Å². The smallest absolute Gasteiger partial charge is 0.0830 e. The number of methoxy groups -OCH3 is 1. The molecule has 0 saturated heterocycles. The minimum Gasteiger partial charge on any atom is -0.377 e. The molecule has 0 amide bonds. The molecule has 1 unspecified atom stereocenters. The molecule has 0 bridgehead atoms. The summed E-state index contributed by atoms with van der Waals surface area (Å²) in [5.74, 6) is 0. The number of ether oxygens (including phenoxy) is 1. The van der Waals surface area contributed by atoms with Gasteiger partial charge < -0.3 is 10.1 Å². The third-order valence-electron chi connectivity index (χ3n) is 4.48. The summed E-state index contributed by atoms with van der Waals surface area (Å²) in [6.45, 7) is 5.65. The molecule has 2 nitrogen and oxygen atoms in total. The maximum absolute atomic E-state index is 6.05. The van der Waals surface area contributed by atoms with Gasteiger partial charge in [0.1, 0.15) is 0 Å². The van der Waals surface area contributed by atoms with E-state index in [-0.39, 0.29) is 5.60 Å². The molecule has 1 atom stereocenters. The van der Waals surface area contributed by atoms with Crippen LogP contribution in [-0.2, 0) is 4.74 Å². The van der Waals surface area contributed by atoms with Crippen LogP contribution in [0.15, 0.2) is 0 Å². The first-order valence-corrected chi connectivity index (χ1v) is 8.07. The highest BCUT2D eigenvalue weighted by molar-refractivity contribution is 4.94. The van der Waals surface area contributed by atoms with Crippen molar-refractivity contribution < 1.29 is 4.74 Å². The quantitative estimate of drug-likeness (QED) is 0.653. The van der Waals surface area contributed by atoms with Crippen molar-refractivity contribution in [3.63, 3.8) is 0 Å². The Balaban J connectivity index is 2.68. The third kappa shape index (κ3) is 4.55. The van der Waals surface area contributed by atoms with Gasteiger partial charge in [-0.1, -0.05) is 52.4 Å². The van der Waals surface area contributed by atoms with Gasteiger partial charge in [0.2, 0.25) is 0 Å². The largest absolute Gasteiger partial charge is 0.377 e. The van der Waals surface area contributed by atoms with Gasteiger partial charge >= 0.3 is 0 Å². The predicted octanol–water partition coefficient (Wildman–Crippen LogP) is 4.28. The van der Waals surface area contributed by atoms with Gasteiger partial charge in [0, 0.05) is 13.2 Å². The zero-order chi connectivity index (χ0) is 13.3. The van der Waals surface area contributed by atoms with Crippen LogP contribution >= 0.6 is 0 Å². The Morgan fingerprint density at radius 2 is 1.72 bits per heavy atom. The molecule has 0 spiro atoms. The van der Waals surface area contributed by atoms with Crippen molar-refractivity contribution in [3.8, 4) is 0 Å². The van der Waals surface area contributed by atoms with Crippen LogP contribution in [0, 0.1) is 0 Å². The molecule has 0 aliphatic heterocycles. The van der Waals surface area contributed by atoms with E-state index < -0.39 is 0 Å². The standard InChI is InChI=1S/C16H33NO/c1-4-6-11-15(17-14-5-2)16(18-3)12-9-7-8-10-13-16/h15,17H,4-14H2,1-3H3. The van der Waals surface area contributed by atoms with Gasteiger partial charge in [0.05, 0.1) is 5.60 Å². The molecule has 2 heteroatoms. The Hall–Kier alpha value is -0.0800. The van der Waals surface area contributed by atoms with Crippen molar-refractivity contribution in [2.24, 2.45) is 0 Å². The van der Waals surface area contributed by atoms with E-state index in [0.717, 1.165) is 6.54 Å². The van der Waals surface area contributed by atoms with Crippen molar-refractivity contribution >= 4 is 0 Å². The van der Waals surface area contributed by atoms with E-state index in [1.54, 1.807) is 0 Å². The van der Waals surface area contributed by atoms with E-state index in [1.165, 1.54) is 64.2 Å². The van der Waals surface area contributed by atoms with Crippen molar-refractivity contribution in [2.75, 3.05) is 13.7 Å². The second-order valence-corrected chi connectivity index (χ2v) is 5.83. The first-order chi connectivity index (χ1) is 8.79. The SMILES string of the molecule is CCCCC(NCCC)C1(OC)CCCCCC1. The Kier molecular flexibility index (Phi) is 7.92. The van der Waals surface area contributed by atoms with Crippen LogP contribution in [0.3, 0.4) is 0 Å².